The number of likely N-dealkylation sites (tertiary alicyclic amines) is 1. The van der Waals surface area contributed by atoms with Gasteiger partial charge in [-0.2, -0.15) is 0 Å². The van der Waals surface area contributed by atoms with E-state index >= 15 is 0 Å². The number of aliphatic hydroxyl groups is 1. The van der Waals surface area contributed by atoms with Crippen molar-refractivity contribution in [3.63, 3.8) is 0 Å². The van der Waals surface area contributed by atoms with E-state index in [2.05, 4.69) is 4.90 Å². The van der Waals surface area contributed by atoms with E-state index in [0.29, 0.717) is 24.1 Å². The van der Waals surface area contributed by atoms with Crippen molar-refractivity contribution in [1.82, 2.24) is 4.90 Å². The number of fused-ring (bicyclic) bond motifs is 1. The van der Waals surface area contributed by atoms with Gasteiger partial charge in [-0.25, -0.2) is 4.79 Å². The SMILES string of the molecule is O=C(O)c1coc(CN2CC3CCC(O)C3C2)c1. The van der Waals surface area contributed by atoms with Crippen LogP contribution >= 0.6 is 0 Å². The molecule has 0 radical (unpaired) electrons. The molecule has 3 unspecified atom stereocenters. The molecule has 2 heterocycles. The molecule has 98 valence electrons. The minimum Gasteiger partial charge on any atom is -0.478 e. The lowest BCUT2D eigenvalue weighted by molar-refractivity contribution is 0.0696. The Kier molecular flexibility index (Phi) is 2.87. The van der Waals surface area contributed by atoms with Crippen LogP contribution in [-0.4, -0.2) is 40.3 Å². The van der Waals surface area contributed by atoms with Gasteiger partial charge in [0.1, 0.15) is 12.0 Å². The molecule has 1 aliphatic heterocycles. The van der Waals surface area contributed by atoms with Crippen molar-refractivity contribution in [3.8, 4) is 0 Å². The minimum absolute atomic E-state index is 0.161. The average Bonchev–Trinajstić information content (AvgIpc) is 2.98. The van der Waals surface area contributed by atoms with Gasteiger partial charge in [-0.15, -0.1) is 0 Å². The van der Waals surface area contributed by atoms with Crippen LogP contribution in [0.25, 0.3) is 0 Å². The molecular weight excluding hydrogens is 234 g/mol. The van der Waals surface area contributed by atoms with E-state index in [4.69, 9.17) is 9.52 Å². The van der Waals surface area contributed by atoms with Gasteiger partial charge in [-0.3, -0.25) is 4.90 Å². The third kappa shape index (κ3) is 2.04. The average molecular weight is 251 g/mol. The Morgan fingerprint density at radius 2 is 2.28 bits per heavy atom. The molecule has 3 rings (SSSR count). The summed E-state index contributed by atoms with van der Waals surface area (Å²) in [6, 6.07) is 1.58. The van der Waals surface area contributed by atoms with Crippen LogP contribution in [0.15, 0.2) is 16.7 Å². The van der Waals surface area contributed by atoms with Crippen LogP contribution in [0.2, 0.25) is 0 Å². The first-order chi connectivity index (χ1) is 8.63. The van der Waals surface area contributed by atoms with Crippen molar-refractivity contribution in [1.29, 1.82) is 0 Å². The molecule has 3 atom stereocenters. The molecule has 2 aliphatic rings. The number of rotatable bonds is 3. The summed E-state index contributed by atoms with van der Waals surface area (Å²) in [6.07, 6.45) is 3.14. The second kappa shape index (κ2) is 4.40. The number of aromatic carboxylic acids is 1. The van der Waals surface area contributed by atoms with Gasteiger partial charge in [0.2, 0.25) is 0 Å². The number of carboxylic acids is 1. The van der Waals surface area contributed by atoms with Gasteiger partial charge in [-0.1, -0.05) is 0 Å². The summed E-state index contributed by atoms with van der Waals surface area (Å²) < 4.78 is 5.25. The van der Waals surface area contributed by atoms with E-state index in [-0.39, 0.29) is 11.7 Å². The van der Waals surface area contributed by atoms with Gasteiger partial charge in [0, 0.05) is 19.0 Å². The molecule has 0 spiro atoms. The maximum absolute atomic E-state index is 10.7. The van der Waals surface area contributed by atoms with Crippen molar-refractivity contribution >= 4 is 5.97 Å². The van der Waals surface area contributed by atoms with Crippen LogP contribution in [0.5, 0.6) is 0 Å². The number of aliphatic hydroxyl groups excluding tert-OH is 1. The highest BCUT2D eigenvalue weighted by Gasteiger charge is 2.41. The highest BCUT2D eigenvalue weighted by atomic mass is 16.4. The molecule has 18 heavy (non-hydrogen) atoms. The maximum atomic E-state index is 10.7. The monoisotopic (exact) mass is 251 g/mol. The highest BCUT2D eigenvalue weighted by Crippen LogP contribution is 2.38. The van der Waals surface area contributed by atoms with Crippen molar-refractivity contribution in [2.24, 2.45) is 11.8 Å². The normalized spacial score (nSPS) is 31.7. The molecule has 1 aromatic rings. The lowest BCUT2D eigenvalue weighted by atomic mass is 10.00. The molecule has 2 N–H and O–H groups in total. The summed E-state index contributed by atoms with van der Waals surface area (Å²) in [4.78, 5) is 13.0. The van der Waals surface area contributed by atoms with Crippen LogP contribution in [0, 0.1) is 11.8 Å². The molecule has 1 aromatic heterocycles. The van der Waals surface area contributed by atoms with Crippen LogP contribution in [0.1, 0.15) is 29.0 Å². The van der Waals surface area contributed by atoms with E-state index in [0.717, 1.165) is 25.9 Å². The standard InChI is InChI=1S/C13H17NO4/c15-12-2-1-8-4-14(6-11(8)12)5-10-3-9(7-18-10)13(16)17/h3,7-8,11-12,15H,1-2,4-6H2,(H,16,17). The third-order valence-electron chi connectivity index (χ3n) is 4.17. The zero-order chi connectivity index (χ0) is 12.7. The summed E-state index contributed by atoms with van der Waals surface area (Å²) in [7, 11) is 0. The molecule has 0 bridgehead atoms. The molecule has 5 heteroatoms. The summed E-state index contributed by atoms with van der Waals surface area (Å²) in [5.41, 5.74) is 0.199. The van der Waals surface area contributed by atoms with Crippen molar-refractivity contribution in [2.75, 3.05) is 13.1 Å². The van der Waals surface area contributed by atoms with Crippen molar-refractivity contribution in [3.05, 3.63) is 23.7 Å². The lowest BCUT2D eigenvalue weighted by Gasteiger charge is -2.16. The maximum Gasteiger partial charge on any atom is 0.338 e. The van der Waals surface area contributed by atoms with Gasteiger partial charge in [0.15, 0.2) is 0 Å². The summed E-state index contributed by atoms with van der Waals surface area (Å²) in [6.45, 7) is 2.49. The van der Waals surface area contributed by atoms with E-state index in [9.17, 15) is 9.90 Å². The Balaban J connectivity index is 1.62. The quantitative estimate of drug-likeness (QED) is 0.843. The molecule has 0 aromatic carbocycles. The van der Waals surface area contributed by atoms with Gasteiger partial charge in [0.05, 0.1) is 18.2 Å². The van der Waals surface area contributed by atoms with E-state index < -0.39 is 5.97 Å². The summed E-state index contributed by atoms with van der Waals surface area (Å²) in [5.74, 6) is 0.702. The van der Waals surface area contributed by atoms with Crippen molar-refractivity contribution in [2.45, 2.75) is 25.5 Å². The fourth-order valence-electron chi connectivity index (χ4n) is 3.25. The first kappa shape index (κ1) is 11.7. The Labute approximate surface area is 105 Å². The van der Waals surface area contributed by atoms with Crippen LogP contribution < -0.4 is 0 Å². The number of carboxylic acid groups (broad SMARTS) is 1. The Hall–Kier alpha value is -1.33. The Morgan fingerprint density at radius 3 is 2.94 bits per heavy atom. The molecule has 5 nitrogen and oxygen atoms in total. The largest absolute Gasteiger partial charge is 0.478 e. The van der Waals surface area contributed by atoms with Gasteiger partial charge >= 0.3 is 5.97 Å². The third-order valence-corrected chi connectivity index (χ3v) is 4.17. The summed E-state index contributed by atoms with van der Waals surface area (Å²) >= 11 is 0. The van der Waals surface area contributed by atoms with Gasteiger partial charge in [0.25, 0.3) is 0 Å². The number of hydrogen-bond donors (Lipinski definition) is 2. The second-order valence-electron chi connectivity index (χ2n) is 5.37. The van der Waals surface area contributed by atoms with E-state index in [1.54, 1.807) is 6.07 Å². The van der Waals surface area contributed by atoms with Gasteiger partial charge in [-0.05, 0) is 24.8 Å². The first-order valence-corrected chi connectivity index (χ1v) is 6.34. The topological polar surface area (TPSA) is 73.9 Å². The molecular formula is C13H17NO4. The second-order valence-corrected chi connectivity index (χ2v) is 5.37. The molecule has 0 amide bonds. The predicted octanol–water partition coefficient (Wildman–Crippen LogP) is 1.18. The molecule has 2 fully saturated rings. The number of carbonyl (C=O) groups is 1. The zero-order valence-corrected chi connectivity index (χ0v) is 10.1. The number of furan rings is 1. The van der Waals surface area contributed by atoms with E-state index in [1.807, 2.05) is 0 Å². The van der Waals surface area contributed by atoms with Gasteiger partial charge < -0.3 is 14.6 Å². The predicted molar refractivity (Wildman–Crippen MR) is 63.2 cm³/mol. The minimum atomic E-state index is -0.960. The molecule has 1 aliphatic carbocycles. The molecule has 1 saturated carbocycles. The highest BCUT2D eigenvalue weighted by molar-refractivity contribution is 5.87. The fraction of sp³-hybridized carbons (Fsp3) is 0.615. The van der Waals surface area contributed by atoms with E-state index in [1.165, 1.54) is 6.26 Å². The number of nitrogens with zero attached hydrogens (tertiary/aromatic N) is 1. The Morgan fingerprint density at radius 1 is 1.44 bits per heavy atom. The van der Waals surface area contributed by atoms with Crippen LogP contribution in [0.3, 0.4) is 0 Å². The Bertz CT molecular complexity index is 456. The smallest absolute Gasteiger partial charge is 0.338 e. The van der Waals surface area contributed by atoms with Crippen molar-refractivity contribution < 1.29 is 19.4 Å². The summed E-state index contributed by atoms with van der Waals surface area (Å²) in [5, 5.41) is 18.7. The van der Waals surface area contributed by atoms with Crippen LogP contribution in [-0.2, 0) is 6.54 Å². The number of hydrogen-bond acceptors (Lipinski definition) is 4. The molecule has 1 saturated heterocycles. The zero-order valence-electron chi connectivity index (χ0n) is 10.1. The fourth-order valence-corrected chi connectivity index (χ4v) is 3.25. The van der Waals surface area contributed by atoms with Crippen LogP contribution in [0.4, 0.5) is 0 Å². The lowest BCUT2D eigenvalue weighted by Crippen LogP contribution is -2.24. The first-order valence-electron chi connectivity index (χ1n) is 6.34.